The number of piperazine rings is 1. The van der Waals surface area contributed by atoms with Crippen molar-refractivity contribution < 1.29 is 4.79 Å². The first-order valence-electron chi connectivity index (χ1n) is 7.95. The molecule has 0 unspecified atom stereocenters. The van der Waals surface area contributed by atoms with Crippen molar-refractivity contribution in [2.45, 2.75) is 31.7 Å². The van der Waals surface area contributed by atoms with Gasteiger partial charge >= 0.3 is 0 Å². The van der Waals surface area contributed by atoms with Crippen LogP contribution in [0.4, 0.5) is 5.82 Å². The lowest BCUT2D eigenvalue weighted by Crippen LogP contribution is -2.51. The van der Waals surface area contributed by atoms with Crippen molar-refractivity contribution in [2.24, 2.45) is 0 Å². The van der Waals surface area contributed by atoms with Crippen LogP contribution in [0.25, 0.3) is 0 Å². The van der Waals surface area contributed by atoms with Gasteiger partial charge in [-0.3, -0.25) is 9.69 Å². The fraction of sp³-hybridized carbons (Fsp3) is 0.625. The Morgan fingerprint density at radius 3 is 2.48 bits per heavy atom. The molecule has 1 aliphatic heterocycles. The second-order valence-electron chi connectivity index (χ2n) is 5.95. The zero-order valence-electron chi connectivity index (χ0n) is 12.7. The van der Waals surface area contributed by atoms with E-state index in [0.29, 0.717) is 5.56 Å². The molecule has 0 spiro atoms. The predicted molar refractivity (Wildman–Crippen MR) is 83.5 cm³/mol. The summed E-state index contributed by atoms with van der Waals surface area (Å²) >= 11 is 0. The number of nitrogens with one attached hydrogen (secondary N) is 1. The molecule has 0 atom stereocenters. The van der Waals surface area contributed by atoms with Gasteiger partial charge in [0.2, 0.25) is 0 Å². The summed E-state index contributed by atoms with van der Waals surface area (Å²) in [6, 6.07) is 4.46. The Bertz CT molecular complexity index is 474. The molecule has 2 fully saturated rings. The smallest absolute Gasteiger partial charge is 0.255 e. The number of anilines is 1. The zero-order valence-corrected chi connectivity index (χ0v) is 12.7. The summed E-state index contributed by atoms with van der Waals surface area (Å²) in [5.41, 5.74) is 0.684. The number of rotatable bonds is 3. The Morgan fingerprint density at radius 1 is 1.19 bits per heavy atom. The number of hydrogen-bond acceptors (Lipinski definition) is 4. The SMILES string of the molecule is CNc1ccc(C(=O)N2CCN(C3CCCC3)CC2)cn1. The van der Waals surface area contributed by atoms with Crippen LogP contribution in [0.3, 0.4) is 0 Å². The maximum Gasteiger partial charge on any atom is 0.255 e. The summed E-state index contributed by atoms with van der Waals surface area (Å²) in [6.45, 7) is 3.70. The van der Waals surface area contributed by atoms with E-state index in [1.807, 2.05) is 24.1 Å². The molecule has 5 nitrogen and oxygen atoms in total. The summed E-state index contributed by atoms with van der Waals surface area (Å²) < 4.78 is 0. The minimum absolute atomic E-state index is 0.108. The highest BCUT2D eigenvalue weighted by molar-refractivity contribution is 5.94. The lowest BCUT2D eigenvalue weighted by atomic mass is 10.1. The average molecular weight is 288 g/mol. The van der Waals surface area contributed by atoms with Gasteiger partial charge in [0.25, 0.3) is 5.91 Å². The third-order valence-corrected chi connectivity index (χ3v) is 4.71. The normalized spacial score (nSPS) is 20.7. The van der Waals surface area contributed by atoms with Crippen LogP contribution in [-0.4, -0.2) is 60.0 Å². The van der Waals surface area contributed by atoms with E-state index in [1.54, 1.807) is 6.20 Å². The summed E-state index contributed by atoms with van der Waals surface area (Å²) in [5, 5.41) is 2.97. The number of hydrogen-bond donors (Lipinski definition) is 1. The molecule has 2 aliphatic rings. The minimum atomic E-state index is 0.108. The highest BCUT2D eigenvalue weighted by Gasteiger charge is 2.28. The molecule has 1 amide bonds. The standard InChI is InChI=1S/C16H24N4O/c1-17-15-7-6-13(12-18-15)16(21)20-10-8-19(9-11-20)14-4-2-3-5-14/h6-7,12,14H,2-5,8-11H2,1H3,(H,17,18). The van der Waals surface area contributed by atoms with Crippen LogP contribution in [0.15, 0.2) is 18.3 Å². The number of amides is 1. The topological polar surface area (TPSA) is 48.5 Å². The molecule has 3 rings (SSSR count). The first-order chi connectivity index (χ1) is 10.3. The quantitative estimate of drug-likeness (QED) is 0.922. The van der Waals surface area contributed by atoms with Crippen LogP contribution in [0, 0.1) is 0 Å². The Hall–Kier alpha value is -1.62. The summed E-state index contributed by atoms with van der Waals surface area (Å²) in [6.07, 6.45) is 7.07. The molecule has 0 radical (unpaired) electrons. The molecule has 114 valence electrons. The fourth-order valence-corrected chi connectivity index (χ4v) is 3.41. The summed E-state index contributed by atoms with van der Waals surface area (Å²) in [4.78, 5) is 21.2. The van der Waals surface area contributed by atoms with Gasteiger partial charge in [-0.2, -0.15) is 0 Å². The summed E-state index contributed by atoms with van der Waals surface area (Å²) in [7, 11) is 1.83. The van der Waals surface area contributed by atoms with Crippen molar-refractivity contribution in [3.8, 4) is 0 Å². The molecule has 0 aromatic carbocycles. The van der Waals surface area contributed by atoms with Crippen molar-refractivity contribution in [2.75, 3.05) is 38.5 Å². The van der Waals surface area contributed by atoms with Crippen molar-refractivity contribution in [1.29, 1.82) is 0 Å². The Labute approximate surface area is 126 Å². The van der Waals surface area contributed by atoms with Gasteiger partial charge in [-0.25, -0.2) is 4.98 Å². The van der Waals surface area contributed by atoms with E-state index in [0.717, 1.165) is 38.0 Å². The number of carbonyl (C=O) groups excluding carboxylic acids is 1. The lowest BCUT2D eigenvalue weighted by molar-refractivity contribution is 0.0573. The zero-order chi connectivity index (χ0) is 14.7. The molecule has 21 heavy (non-hydrogen) atoms. The molecule has 1 N–H and O–H groups in total. The third kappa shape index (κ3) is 3.18. The van der Waals surface area contributed by atoms with Crippen LogP contribution >= 0.6 is 0 Å². The Morgan fingerprint density at radius 2 is 1.90 bits per heavy atom. The van der Waals surface area contributed by atoms with E-state index >= 15 is 0 Å². The second kappa shape index (κ2) is 6.43. The molecule has 0 bridgehead atoms. The highest BCUT2D eigenvalue weighted by Crippen LogP contribution is 2.24. The lowest BCUT2D eigenvalue weighted by Gasteiger charge is -2.38. The molecule has 5 heteroatoms. The van der Waals surface area contributed by atoms with E-state index < -0.39 is 0 Å². The predicted octanol–water partition coefficient (Wildman–Crippen LogP) is 1.82. The van der Waals surface area contributed by atoms with Crippen LogP contribution in [0.2, 0.25) is 0 Å². The van der Waals surface area contributed by atoms with E-state index in [9.17, 15) is 4.79 Å². The van der Waals surface area contributed by atoms with Gasteiger partial charge < -0.3 is 10.2 Å². The average Bonchev–Trinajstić information content (AvgIpc) is 3.09. The maximum absolute atomic E-state index is 12.5. The number of aromatic nitrogens is 1. The van der Waals surface area contributed by atoms with Gasteiger partial charge in [-0.15, -0.1) is 0 Å². The molecular formula is C16H24N4O. The maximum atomic E-state index is 12.5. The van der Waals surface area contributed by atoms with Gasteiger partial charge in [0, 0.05) is 45.5 Å². The van der Waals surface area contributed by atoms with Crippen LogP contribution in [0.1, 0.15) is 36.0 Å². The van der Waals surface area contributed by atoms with Crippen LogP contribution in [-0.2, 0) is 0 Å². The molecule has 1 aliphatic carbocycles. The minimum Gasteiger partial charge on any atom is -0.373 e. The summed E-state index contributed by atoms with van der Waals surface area (Å²) in [5.74, 6) is 0.897. The van der Waals surface area contributed by atoms with Gasteiger partial charge in [-0.1, -0.05) is 12.8 Å². The fourth-order valence-electron chi connectivity index (χ4n) is 3.41. The first kappa shape index (κ1) is 14.3. The second-order valence-corrected chi connectivity index (χ2v) is 5.95. The van der Waals surface area contributed by atoms with Crippen LogP contribution in [0.5, 0.6) is 0 Å². The number of nitrogens with zero attached hydrogens (tertiary/aromatic N) is 3. The molecule has 1 aromatic heterocycles. The number of carbonyl (C=O) groups is 1. The van der Waals surface area contributed by atoms with Crippen molar-refractivity contribution in [3.05, 3.63) is 23.9 Å². The Balaban J connectivity index is 1.56. The number of pyridine rings is 1. The van der Waals surface area contributed by atoms with E-state index in [1.165, 1.54) is 25.7 Å². The Kier molecular flexibility index (Phi) is 4.39. The van der Waals surface area contributed by atoms with Gasteiger partial charge in [0.1, 0.15) is 5.82 Å². The van der Waals surface area contributed by atoms with Crippen molar-refractivity contribution in [3.63, 3.8) is 0 Å². The molecule has 1 saturated carbocycles. The monoisotopic (exact) mass is 288 g/mol. The first-order valence-corrected chi connectivity index (χ1v) is 7.95. The highest BCUT2D eigenvalue weighted by atomic mass is 16.2. The van der Waals surface area contributed by atoms with Crippen LogP contribution < -0.4 is 5.32 Å². The van der Waals surface area contributed by atoms with Gasteiger partial charge in [0.05, 0.1) is 5.56 Å². The van der Waals surface area contributed by atoms with Gasteiger partial charge in [0.15, 0.2) is 0 Å². The van der Waals surface area contributed by atoms with E-state index in [-0.39, 0.29) is 5.91 Å². The molecular weight excluding hydrogens is 264 g/mol. The molecule has 2 heterocycles. The largest absolute Gasteiger partial charge is 0.373 e. The van der Waals surface area contributed by atoms with Gasteiger partial charge in [-0.05, 0) is 25.0 Å². The molecule has 1 aromatic rings. The van der Waals surface area contributed by atoms with E-state index in [4.69, 9.17) is 0 Å². The molecule has 1 saturated heterocycles. The van der Waals surface area contributed by atoms with Crippen molar-refractivity contribution in [1.82, 2.24) is 14.8 Å². The van der Waals surface area contributed by atoms with Crippen molar-refractivity contribution >= 4 is 11.7 Å². The van der Waals surface area contributed by atoms with E-state index in [2.05, 4.69) is 15.2 Å². The third-order valence-electron chi connectivity index (χ3n) is 4.71.